The number of Topliss-reactive ketones (excluding diaryl/α,β-unsaturated/α-hetero) is 2. The summed E-state index contributed by atoms with van der Waals surface area (Å²) in [5, 5.41) is 0. The number of unbranched alkanes of at least 4 members (excludes halogenated alkanes) is 1. The van der Waals surface area contributed by atoms with Crippen molar-refractivity contribution < 1.29 is 14.0 Å². The van der Waals surface area contributed by atoms with E-state index in [1.807, 2.05) is 6.92 Å². The van der Waals surface area contributed by atoms with Crippen molar-refractivity contribution in [2.45, 2.75) is 39.3 Å². The van der Waals surface area contributed by atoms with E-state index in [1.165, 1.54) is 0 Å². The van der Waals surface area contributed by atoms with Gasteiger partial charge in [0, 0.05) is 6.42 Å². The summed E-state index contributed by atoms with van der Waals surface area (Å²) < 4.78 is 12.5. The molecule has 0 N–H and O–H groups in total. The molecule has 0 spiro atoms. The van der Waals surface area contributed by atoms with Gasteiger partial charge in [0.25, 0.3) is 0 Å². The molecule has 0 radical (unpaired) electrons. The van der Waals surface area contributed by atoms with Crippen LogP contribution in [0.5, 0.6) is 0 Å². The van der Waals surface area contributed by atoms with Gasteiger partial charge in [-0.3, -0.25) is 9.59 Å². The Morgan fingerprint density at radius 2 is 2.00 bits per heavy atom. The molecule has 2 nitrogen and oxygen atoms in total. The molecule has 0 amide bonds. The molecule has 1 unspecified atom stereocenters. The molecule has 3 heteroatoms. The second-order valence-corrected chi connectivity index (χ2v) is 2.54. The number of carbonyl (C=O) groups excluding carboxylic acids is 2. The third-order valence-corrected chi connectivity index (χ3v) is 1.42. The van der Waals surface area contributed by atoms with E-state index < -0.39 is 17.7 Å². The molecule has 0 aromatic carbocycles. The van der Waals surface area contributed by atoms with Crippen LogP contribution in [0.15, 0.2) is 0 Å². The van der Waals surface area contributed by atoms with Crippen LogP contribution in [-0.4, -0.2) is 17.7 Å². The van der Waals surface area contributed by atoms with Gasteiger partial charge in [-0.05, 0) is 13.3 Å². The van der Waals surface area contributed by atoms with Gasteiger partial charge in [-0.1, -0.05) is 13.3 Å². The van der Waals surface area contributed by atoms with Gasteiger partial charge in [-0.25, -0.2) is 4.39 Å². The number of hydrogen-bond acceptors (Lipinski definition) is 2. The number of alkyl halides is 1. The lowest BCUT2D eigenvalue weighted by atomic mass is 10.1. The van der Waals surface area contributed by atoms with E-state index in [4.69, 9.17) is 0 Å². The van der Waals surface area contributed by atoms with Gasteiger partial charge in [0.15, 0.2) is 11.6 Å². The molecule has 0 aromatic heterocycles. The summed E-state index contributed by atoms with van der Waals surface area (Å²) in [4.78, 5) is 21.1. The predicted molar refractivity (Wildman–Crippen MR) is 40.1 cm³/mol. The first kappa shape index (κ1) is 10.3. The SMILES string of the molecule is CCCCC(=O)C(F)C(C)=O. The summed E-state index contributed by atoms with van der Waals surface area (Å²) in [5.74, 6) is -1.27. The largest absolute Gasteiger partial charge is 0.296 e. The monoisotopic (exact) mass is 160 g/mol. The lowest BCUT2D eigenvalue weighted by molar-refractivity contribution is -0.132. The minimum absolute atomic E-state index is 0.178. The normalized spacial score (nSPS) is 12.6. The maximum atomic E-state index is 12.5. The van der Waals surface area contributed by atoms with Gasteiger partial charge in [-0.15, -0.1) is 0 Å². The molecule has 11 heavy (non-hydrogen) atoms. The van der Waals surface area contributed by atoms with Crippen molar-refractivity contribution in [3.63, 3.8) is 0 Å². The minimum atomic E-state index is -1.89. The Labute approximate surface area is 65.8 Å². The lowest BCUT2D eigenvalue weighted by Gasteiger charge is -2.00. The Morgan fingerprint density at radius 1 is 1.45 bits per heavy atom. The third-order valence-electron chi connectivity index (χ3n) is 1.42. The van der Waals surface area contributed by atoms with Crippen molar-refractivity contribution in [2.24, 2.45) is 0 Å². The molecule has 1 atom stereocenters. The highest BCUT2D eigenvalue weighted by molar-refractivity contribution is 6.04. The molecule has 0 heterocycles. The van der Waals surface area contributed by atoms with Gasteiger partial charge in [0.1, 0.15) is 0 Å². The summed E-state index contributed by atoms with van der Waals surface area (Å²) in [7, 11) is 0. The van der Waals surface area contributed by atoms with Crippen molar-refractivity contribution in [3.05, 3.63) is 0 Å². The number of carbonyl (C=O) groups is 2. The third kappa shape index (κ3) is 3.86. The second-order valence-electron chi connectivity index (χ2n) is 2.54. The average molecular weight is 160 g/mol. The molecule has 0 aliphatic carbocycles. The van der Waals surface area contributed by atoms with Crippen LogP contribution in [0.3, 0.4) is 0 Å². The van der Waals surface area contributed by atoms with E-state index in [9.17, 15) is 14.0 Å². The summed E-state index contributed by atoms with van der Waals surface area (Å²) in [6.45, 7) is 3.00. The highest BCUT2D eigenvalue weighted by Gasteiger charge is 2.20. The van der Waals surface area contributed by atoms with Crippen molar-refractivity contribution in [1.29, 1.82) is 0 Å². The molecule has 0 rings (SSSR count). The number of ketones is 2. The molecule has 0 bridgehead atoms. The quantitative estimate of drug-likeness (QED) is 0.573. The minimum Gasteiger partial charge on any atom is -0.296 e. The molecule has 0 saturated carbocycles. The topological polar surface area (TPSA) is 34.1 Å². The van der Waals surface area contributed by atoms with Gasteiger partial charge in [-0.2, -0.15) is 0 Å². The van der Waals surface area contributed by atoms with E-state index in [2.05, 4.69) is 0 Å². The molecular weight excluding hydrogens is 147 g/mol. The van der Waals surface area contributed by atoms with E-state index in [1.54, 1.807) is 0 Å². The predicted octanol–water partition coefficient (Wildman–Crippen LogP) is 1.67. The Morgan fingerprint density at radius 3 is 2.36 bits per heavy atom. The van der Waals surface area contributed by atoms with Crippen LogP contribution in [0.25, 0.3) is 0 Å². The van der Waals surface area contributed by atoms with Gasteiger partial charge < -0.3 is 0 Å². The summed E-state index contributed by atoms with van der Waals surface area (Å²) >= 11 is 0. The smallest absolute Gasteiger partial charge is 0.215 e. The van der Waals surface area contributed by atoms with Crippen molar-refractivity contribution in [2.75, 3.05) is 0 Å². The van der Waals surface area contributed by atoms with Crippen LogP contribution in [0.1, 0.15) is 33.1 Å². The molecular formula is C8H13FO2. The van der Waals surface area contributed by atoms with Gasteiger partial charge >= 0.3 is 0 Å². The maximum Gasteiger partial charge on any atom is 0.215 e. The van der Waals surface area contributed by atoms with Crippen LogP contribution in [0.4, 0.5) is 4.39 Å². The highest BCUT2D eigenvalue weighted by Crippen LogP contribution is 2.03. The maximum absolute atomic E-state index is 12.5. The van der Waals surface area contributed by atoms with Gasteiger partial charge in [0.2, 0.25) is 6.17 Å². The molecule has 0 aliphatic heterocycles. The summed E-state index contributed by atoms with van der Waals surface area (Å²) in [6.07, 6.45) is -0.207. The van der Waals surface area contributed by atoms with Crippen LogP contribution >= 0.6 is 0 Å². The standard InChI is InChI=1S/C8H13FO2/c1-3-4-5-7(11)8(9)6(2)10/h8H,3-5H2,1-2H3. The van der Waals surface area contributed by atoms with Crippen LogP contribution in [0.2, 0.25) is 0 Å². The number of hydrogen-bond donors (Lipinski definition) is 0. The Hall–Kier alpha value is -0.730. The second kappa shape index (κ2) is 4.99. The van der Waals surface area contributed by atoms with Crippen LogP contribution < -0.4 is 0 Å². The summed E-state index contributed by atoms with van der Waals surface area (Å²) in [6, 6.07) is 0. The lowest BCUT2D eigenvalue weighted by Crippen LogP contribution is -2.22. The Balaban J connectivity index is 3.74. The Kier molecular flexibility index (Phi) is 4.66. The van der Waals surface area contributed by atoms with Crippen LogP contribution in [0, 0.1) is 0 Å². The first-order valence-corrected chi connectivity index (χ1v) is 3.76. The number of halogens is 1. The number of rotatable bonds is 5. The molecule has 0 aromatic rings. The zero-order valence-corrected chi connectivity index (χ0v) is 6.89. The molecule has 0 fully saturated rings. The van der Waals surface area contributed by atoms with Gasteiger partial charge in [0.05, 0.1) is 0 Å². The average Bonchev–Trinajstić information content (AvgIpc) is 1.98. The zero-order chi connectivity index (χ0) is 8.85. The first-order chi connectivity index (χ1) is 5.09. The fourth-order valence-electron chi connectivity index (χ4n) is 0.704. The van der Waals surface area contributed by atoms with E-state index in [-0.39, 0.29) is 6.42 Å². The Bertz CT molecular complexity index is 154. The molecule has 64 valence electrons. The summed E-state index contributed by atoms with van der Waals surface area (Å²) in [5.41, 5.74) is 0. The van der Waals surface area contributed by atoms with Crippen LogP contribution in [-0.2, 0) is 9.59 Å². The van der Waals surface area contributed by atoms with Crippen molar-refractivity contribution in [1.82, 2.24) is 0 Å². The molecule has 0 aliphatic rings. The zero-order valence-electron chi connectivity index (χ0n) is 6.89. The fourth-order valence-corrected chi connectivity index (χ4v) is 0.704. The first-order valence-electron chi connectivity index (χ1n) is 3.76. The van der Waals surface area contributed by atoms with E-state index in [0.717, 1.165) is 13.3 Å². The van der Waals surface area contributed by atoms with E-state index >= 15 is 0 Å². The molecule has 0 saturated heterocycles. The van der Waals surface area contributed by atoms with Crippen molar-refractivity contribution >= 4 is 11.6 Å². The fraction of sp³-hybridized carbons (Fsp3) is 0.750. The highest BCUT2D eigenvalue weighted by atomic mass is 19.1. The van der Waals surface area contributed by atoms with Crippen molar-refractivity contribution in [3.8, 4) is 0 Å². The van der Waals surface area contributed by atoms with E-state index in [0.29, 0.717) is 6.42 Å².